The van der Waals surface area contributed by atoms with Gasteiger partial charge in [0.15, 0.2) is 0 Å². The lowest BCUT2D eigenvalue weighted by atomic mass is 9.98. The Kier molecular flexibility index (Phi) is 9.67. The molecule has 43 heavy (non-hydrogen) atoms. The summed E-state index contributed by atoms with van der Waals surface area (Å²) in [7, 11) is 1.14. The van der Waals surface area contributed by atoms with Crippen LogP contribution in [-0.2, 0) is 25.2 Å². The van der Waals surface area contributed by atoms with E-state index < -0.39 is 53.0 Å². The van der Waals surface area contributed by atoms with Crippen LogP contribution in [0.4, 0.5) is 28.4 Å². The fourth-order valence-corrected chi connectivity index (χ4v) is 4.31. The van der Waals surface area contributed by atoms with Crippen LogP contribution in [0.3, 0.4) is 0 Å². The first kappa shape index (κ1) is 33.2. The molecule has 1 N–H and O–H groups in total. The van der Waals surface area contributed by atoms with Crippen LogP contribution in [0.15, 0.2) is 42.5 Å². The molecule has 1 heterocycles. The number of anilines is 1. The molecule has 0 aliphatic carbocycles. The Bertz CT molecular complexity index is 1380. The van der Waals surface area contributed by atoms with Crippen molar-refractivity contribution in [1.82, 2.24) is 9.80 Å². The van der Waals surface area contributed by atoms with Crippen LogP contribution in [0.1, 0.15) is 57.5 Å². The number of nitrogens with zero attached hydrogens (tertiary/aromatic N) is 2. The fraction of sp³-hybridized carbons (Fsp3) is 0.467. The predicted octanol–water partition coefficient (Wildman–Crippen LogP) is 5.95. The summed E-state index contributed by atoms with van der Waals surface area (Å²) in [5.41, 5.74) is -2.21. The zero-order valence-corrected chi connectivity index (χ0v) is 25.1. The molecule has 1 unspecified atom stereocenters. The minimum atomic E-state index is -4.59. The summed E-state index contributed by atoms with van der Waals surface area (Å²) in [4.78, 5) is 54.7. The van der Waals surface area contributed by atoms with Gasteiger partial charge in [0.05, 0.1) is 30.5 Å². The van der Waals surface area contributed by atoms with Gasteiger partial charge in [-0.15, -0.1) is 0 Å². The molecule has 1 fully saturated rings. The van der Waals surface area contributed by atoms with Crippen LogP contribution in [0.25, 0.3) is 11.1 Å². The second-order valence-corrected chi connectivity index (χ2v) is 11.9. The van der Waals surface area contributed by atoms with Crippen molar-refractivity contribution in [1.29, 1.82) is 0 Å². The second-order valence-electron chi connectivity index (χ2n) is 11.9. The maximum Gasteiger partial charge on any atom is 0.416 e. The highest BCUT2D eigenvalue weighted by molar-refractivity contribution is 6.05. The largest absolute Gasteiger partial charge is 0.467 e. The van der Waals surface area contributed by atoms with E-state index in [1.807, 2.05) is 0 Å². The number of halogens is 3. The van der Waals surface area contributed by atoms with Crippen molar-refractivity contribution in [2.24, 2.45) is 0 Å². The van der Waals surface area contributed by atoms with E-state index in [-0.39, 0.29) is 42.0 Å². The first-order valence-electron chi connectivity index (χ1n) is 13.5. The van der Waals surface area contributed by atoms with Gasteiger partial charge in [-0.05, 0) is 76.9 Å². The normalized spacial score (nSPS) is 15.9. The van der Waals surface area contributed by atoms with Crippen LogP contribution < -0.4 is 5.32 Å². The zero-order chi connectivity index (χ0) is 32.3. The van der Waals surface area contributed by atoms with Gasteiger partial charge < -0.3 is 24.0 Å². The third kappa shape index (κ3) is 8.85. The number of carbonyl (C=O) groups is 4. The third-order valence-electron chi connectivity index (χ3n) is 6.18. The molecule has 0 aromatic heterocycles. The Balaban J connectivity index is 2.04. The van der Waals surface area contributed by atoms with Gasteiger partial charge in [0.1, 0.15) is 17.2 Å². The number of hydrogen-bond acceptors (Lipinski definition) is 7. The summed E-state index contributed by atoms with van der Waals surface area (Å²) in [6.07, 6.45) is -6.13. The lowest BCUT2D eigenvalue weighted by Gasteiger charge is -2.40. The van der Waals surface area contributed by atoms with Crippen LogP contribution in [0, 0.1) is 0 Å². The van der Waals surface area contributed by atoms with Gasteiger partial charge in [0.2, 0.25) is 0 Å². The molecule has 234 valence electrons. The molecule has 1 aliphatic heterocycles. The minimum Gasteiger partial charge on any atom is -0.467 e. The summed E-state index contributed by atoms with van der Waals surface area (Å²) >= 11 is 0. The number of methoxy groups -OCH3 is 1. The molecule has 3 rings (SSSR count). The van der Waals surface area contributed by atoms with Gasteiger partial charge in [-0.25, -0.2) is 14.4 Å². The Morgan fingerprint density at radius 2 is 1.49 bits per heavy atom. The Morgan fingerprint density at radius 3 is 2.07 bits per heavy atom. The van der Waals surface area contributed by atoms with Crippen LogP contribution >= 0.6 is 0 Å². The number of esters is 1. The first-order valence-corrected chi connectivity index (χ1v) is 13.5. The Morgan fingerprint density at radius 1 is 0.860 bits per heavy atom. The van der Waals surface area contributed by atoms with E-state index in [1.54, 1.807) is 41.5 Å². The van der Waals surface area contributed by atoms with E-state index in [0.29, 0.717) is 0 Å². The van der Waals surface area contributed by atoms with Gasteiger partial charge in [0.25, 0.3) is 5.91 Å². The van der Waals surface area contributed by atoms with E-state index in [0.717, 1.165) is 19.2 Å². The summed E-state index contributed by atoms with van der Waals surface area (Å²) in [5.74, 6) is -1.52. The number of alkyl halides is 3. The highest BCUT2D eigenvalue weighted by Crippen LogP contribution is 2.34. The van der Waals surface area contributed by atoms with Crippen molar-refractivity contribution in [2.45, 2.75) is 65.0 Å². The van der Waals surface area contributed by atoms with Crippen molar-refractivity contribution in [3.63, 3.8) is 0 Å². The molecule has 3 amide bonds. The molecule has 1 aliphatic rings. The number of amides is 3. The van der Waals surface area contributed by atoms with E-state index in [4.69, 9.17) is 14.2 Å². The number of piperazine rings is 1. The SMILES string of the molecule is COC(=O)C1CN(C(=O)OC(C)(C)C)CCN1C(=O)c1cc(-c2cccc(C(F)(F)F)c2)ccc1NC(=O)OC(C)(C)C. The second kappa shape index (κ2) is 12.5. The highest BCUT2D eigenvalue weighted by atomic mass is 19.4. The molecule has 10 nitrogen and oxygen atoms in total. The van der Waals surface area contributed by atoms with E-state index in [1.165, 1.54) is 40.1 Å². The summed E-state index contributed by atoms with van der Waals surface area (Å²) in [6.45, 7) is 9.74. The van der Waals surface area contributed by atoms with Crippen molar-refractivity contribution < 1.29 is 46.6 Å². The topological polar surface area (TPSA) is 114 Å². The smallest absolute Gasteiger partial charge is 0.416 e. The lowest BCUT2D eigenvalue weighted by Crippen LogP contribution is -2.60. The molecule has 1 saturated heterocycles. The summed E-state index contributed by atoms with van der Waals surface area (Å²) < 4.78 is 55.9. The molecular formula is C30H36F3N3O7. The number of benzene rings is 2. The number of hydrogen-bond donors (Lipinski definition) is 1. The van der Waals surface area contributed by atoms with E-state index >= 15 is 0 Å². The number of nitrogens with one attached hydrogen (secondary N) is 1. The van der Waals surface area contributed by atoms with Gasteiger partial charge >= 0.3 is 24.3 Å². The van der Waals surface area contributed by atoms with Crippen molar-refractivity contribution >= 4 is 29.8 Å². The fourth-order valence-electron chi connectivity index (χ4n) is 4.31. The number of rotatable bonds is 4. The van der Waals surface area contributed by atoms with Crippen molar-refractivity contribution in [2.75, 3.05) is 32.1 Å². The quantitative estimate of drug-likeness (QED) is 0.337. The Hall–Kier alpha value is -4.29. The average molecular weight is 608 g/mol. The zero-order valence-electron chi connectivity index (χ0n) is 25.1. The average Bonchev–Trinajstić information content (AvgIpc) is 2.89. The first-order chi connectivity index (χ1) is 19.8. The monoisotopic (exact) mass is 607 g/mol. The molecule has 2 aromatic rings. The van der Waals surface area contributed by atoms with Gasteiger partial charge in [-0.3, -0.25) is 10.1 Å². The van der Waals surface area contributed by atoms with Crippen LogP contribution in [0.2, 0.25) is 0 Å². The molecule has 13 heteroatoms. The molecule has 0 bridgehead atoms. The lowest BCUT2D eigenvalue weighted by molar-refractivity contribution is -0.148. The van der Waals surface area contributed by atoms with Crippen LogP contribution in [-0.4, -0.2) is 77.9 Å². The Labute approximate surface area is 248 Å². The van der Waals surface area contributed by atoms with Gasteiger partial charge in [0, 0.05) is 13.1 Å². The minimum absolute atomic E-state index is 0.00756. The molecule has 1 atom stereocenters. The standard InChI is InChI=1S/C30H36F3N3O7/c1-28(2,3)42-26(39)34-22-12-11-19(18-9-8-10-20(15-18)30(31,32)33)16-21(22)24(37)36-14-13-35(17-23(36)25(38)41-7)27(40)43-29(4,5)6/h8-12,15-16,23H,13-14,17H2,1-7H3,(H,34,39). The van der Waals surface area contributed by atoms with Crippen LogP contribution in [0.5, 0.6) is 0 Å². The maximum absolute atomic E-state index is 14.0. The molecule has 0 spiro atoms. The number of carbonyl (C=O) groups excluding carboxylic acids is 4. The number of ether oxygens (including phenoxy) is 3. The summed E-state index contributed by atoms with van der Waals surface area (Å²) in [5, 5.41) is 2.52. The molecular weight excluding hydrogens is 571 g/mol. The third-order valence-corrected chi connectivity index (χ3v) is 6.18. The highest BCUT2D eigenvalue weighted by Gasteiger charge is 2.40. The summed E-state index contributed by atoms with van der Waals surface area (Å²) in [6, 6.07) is 7.50. The van der Waals surface area contributed by atoms with Gasteiger partial charge in [-0.1, -0.05) is 18.2 Å². The molecule has 0 saturated carbocycles. The van der Waals surface area contributed by atoms with Crippen molar-refractivity contribution in [3.8, 4) is 11.1 Å². The maximum atomic E-state index is 14.0. The van der Waals surface area contributed by atoms with E-state index in [9.17, 15) is 32.3 Å². The molecule has 0 radical (unpaired) electrons. The predicted molar refractivity (Wildman–Crippen MR) is 151 cm³/mol. The van der Waals surface area contributed by atoms with E-state index in [2.05, 4.69) is 5.32 Å². The molecule has 2 aromatic carbocycles. The van der Waals surface area contributed by atoms with Crippen molar-refractivity contribution in [3.05, 3.63) is 53.6 Å². The van der Waals surface area contributed by atoms with Gasteiger partial charge in [-0.2, -0.15) is 13.2 Å².